The van der Waals surface area contributed by atoms with Crippen molar-refractivity contribution >= 4 is 67.5 Å². The summed E-state index contributed by atoms with van der Waals surface area (Å²) in [5, 5.41) is 21.7. The summed E-state index contributed by atoms with van der Waals surface area (Å²) in [5.74, 6) is -2.82. The van der Waals surface area contributed by atoms with Gasteiger partial charge in [0.15, 0.2) is 15.7 Å². The lowest BCUT2D eigenvalue weighted by atomic mass is 9.85. The smallest absolute Gasteiger partial charge is 0.271 e. The van der Waals surface area contributed by atoms with Gasteiger partial charge in [0.05, 0.1) is 35.3 Å². The third kappa shape index (κ3) is 12.2. The third-order valence-electron chi connectivity index (χ3n) is 13.4. The molecule has 74 heavy (non-hydrogen) atoms. The number of benzene rings is 2. The number of nitrogens with zero attached hydrogens (tertiary/aromatic N) is 8. The van der Waals surface area contributed by atoms with Gasteiger partial charge in [0.2, 0.25) is 17.7 Å². The Morgan fingerprint density at radius 3 is 2.24 bits per heavy atom. The van der Waals surface area contributed by atoms with Crippen molar-refractivity contribution in [2.75, 3.05) is 68.5 Å². The maximum Gasteiger partial charge on any atom is 0.271 e. The molecule has 4 amide bonds. The molecule has 4 atom stereocenters. The summed E-state index contributed by atoms with van der Waals surface area (Å²) in [6.07, 6.45) is 4.75. The number of carbonyl (C=O) groups excluding carboxylic acids is 4. The van der Waals surface area contributed by atoms with E-state index in [9.17, 15) is 36.4 Å². The van der Waals surface area contributed by atoms with Gasteiger partial charge in [-0.05, 0) is 85.0 Å². The number of piperazine rings is 1. The van der Waals surface area contributed by atoms with Gasteiger partial charge in [0.25, 0.3) is 5.91 Å². The van der Waals surface area contributed by atoms with Crippen LogP contribution in [0.4, 0.5) is 31.9 Å². The molecular weight excluding hydrogens is 979 g/mol. The van der Waals surface area contributed by atoms with Crippen LogP contribution in [-0.2, 0) is 24.2 Å². The molecule has 2 aromatic carbocycles. The highest BCUT2D eigenvalue weighted by Crippen LogP contribution is 2.37. The van der Waals surface area contributed by atoms with Gasteiger partial charge in [0, 0.05) is 68.0 Å². The summed E-state index contributed by atoms with van der Waals surface area (Å²) in [5.41, 5.74) is 0.778. The van der Waals surface area contributed by atoms with Crippen LogP contribution in [0.1, 0.15) is 83.1 Å². The number of aromatic amines is 1. The van der Waals surface area contributed by atoms with Gasteiger partial charge in [-0.2, -0.15) is 5.10 Å². The van der Waals surface area contributed by atoms with E-state index in [4.69, 9.17) is 4.74 Å². The van der Waals surface area contributed by atoms with E-state index in [1.165, 1.54) is 23.6 Å². The lowest BCUT2D eigenvalue weighted by Crippen LogP contribution is -2.59. The molecule has 5 aromatic rings. The summed E-state index contributed by atoms with van der Waals surface area (Å²) in [6.45, 7) is 19.0. The lowest BCUT2D eigenvalue weighted by Gasteiger charge is -2.36. The Labute approximate surface area is 429 Å². The van der Waals surface area contributed by atoms with Crippen LogP contribution in [0.3, 0.4) is 0 Å². The monoisotopic (exact) mass is 1040 g/mol. The van der Waals surface area contributed by atoms with Crippen LogP contribution in [0.25, 0.3) is 10.9 Å². The zero-order valence-electron chi connectivity index (χ0n) is 43.4. The number of hydrogen-bond acceptors (Lipinski definition) is 16. The van der Waals surface area contributed by atoms with Crippen molar-refractivity contribution in [3.63, 3.8) is 0 Å². The maximum atomic E-state index is 14.7. The fourth-order valence-corrected chi connectivity index (χ4v) is 9.85. The molecule has 2 aliphatic heterocycles. The number of carbonyl (C=O) groups is 4. The molecule has 0 radical (unpaired) electrons. The fraction of sp³-hybridized carbons (Fsp3) is 0.500. The molecular formula is C50H66F2N14O7S. The second-order valence-corrected chi connectivity index (χ2v) is 23.4. The van der Waals surface area contributed by atoms with Crippen molar-refractivity contribution in [3.8, 4) is 5.75 Å². The van der Waals surface area contributed by atoms with Crippen molar-refractivity contribution in [1.82, 2.24) is 55.9 Å². The molecule has 7 rings (SSSR count). The number of likely N-dealkylation sites (tertiary alicyclic amines) is 1. The molecule has 5 heterocycles. The minimum Gasteiger partial charge on any atom is -0.492 e. The van der Waals surface area contributed by atoms with Crippen molar-refractivity contribution in [2.45, 2.75) is 109 Å². The Balaban J connectivity index is 0.954. The summed E-state index contributed by atoms with van der Waals surface area (Å²) >= 11 is 0. The van der Waals surface area contributed by atoms with Crippen LogP contribution in [0.15, 0.2) is 53.9 Å². The van der Waals surface area contributed by atoms with Gasteiger partial charge in [-0.25, -0.2) is 37.1 Å². The van der Waals surface area contributed by atoms with Gasteiger partial charge in [-0.1, -0.05) is 26.8 Å². The highest BCUT2D eigenvalue weighted by atomic mass is 32.2. The van der Waals surface area contributed by atoms with Crippen LogP contribution < -0.4 is 36.2 Å². The Bertz CT molecular complexity index is 2970. The van der Waals surface area contributed by atoms with Crippen molar-refractivity contribution in [3.05, 3.63) is 77.6 Å². The van der Waals surface area contributed by atoms with Crippen LogP contribution in [0, 0.1) is 30.9 Å². The molecule has 398 valence electrons. The maximum absolute atomic E-state index is 14.7. The first-order valence-corrected chi connectivity index (χ1v) is 25.9. The summed E-state index contributed by atoms with van der Waals surface area (Å²) in [7, 11) is -2.27. The van der Waals surface area contributed by atoms with E-state index in [1.54, 1.807) is 67.6 Å². The second-order valence-electron chi connectivity index (χ2n) is 20.7. The molecule has 0 aliphatic carbocycles. The first-order valence-electron chi connectivity index (χ1n) is 24.5. The van der Waals surface area contributed by atoms with E-state index in [0.29, 0.717) is 67.5 Å². The molecule has 2 fully saturated rings. The number of anilines is 4. The number of para-hydroxylation sites is 1. The number of aromatic nitrogens is 6. The number of nitrogens with one attached hydrogen (secondary N) is 6. The molecule has 2 unspecified atom stereocenters. The average molecular weight is 1050 g/mol. The third-order valence-corrected chi connectivity index (χ3v) is 15.9. The molecule has 0 spiro atoms. The van der Waals surface area contributed by atoms with E-state index < -0.39 is 85.1 Å². The molecule has 21 nitrogen and oxygen atoms in total. The van der Waals surface area contributed by atoms with E-state index in [0.717, 1.165) is 29.5 Å². The number of ether oxygens (including phenoxy) is 1. The van der Waals surface area contributed by atoms with Gasteiger partial charge in [0.1, 0.15) is 63.7 Å². The summed E-state index contributed by atoms with van der Waals surface area (Å²) in [6, 6.07) is 2.52. The highest BCUT2D eigenvalue weighted by molar-refractivity contribution is 7.92. The standard InChI is InChI=1S/C50H66F2N14O7S/c1-28-29(2)62-63-43(28)61-44-32-22-39(74(71,72)50(7,8)9)38(23-35(32)56-27-57-44)73-20-12-15-64-16-18-65(19-17-64)40-25-54-36(24-55-40)46(68)58-31-21-37(47(69)59-41-33(51)13-11-14-34(41)52)66(26-31)48(70)42(49(4,5)6)60-45(67)30(3)53-10/h11,13-14,22-25,27,30-31,37,42,53H,12,15-21,26H2,1-10H3,(H,58,68)(H,59,69)(H,60,67)(H2,56,57,61,62,63)/t30?,31-,37-,42?/m0/s1. The molecule has 3 aromatic heterocycles. The topological polar surface area (TPSA) is 262 Å². The Morgan fingerprint density at radius 1 is 0.932 bits per heavy atom. The largest absolute Gasteiger partial charge is 0.492 e. The predicted molar refractivity (Wildman–Crippen MR) is 275 cm³/mol. The molecule has 24 heteroatoms. The van der Waals surface area contributed by atoms with Gasteiger partial charge in [-0.3, -0.25) is 29.2 Å². The Morgan fingerprint density at radius 2 is 1.64 bits per heavy atom. The Hall–Kier alpha value is -6.92. The van der Waals surface area contributed by atoms with Gasteiger partial charge < -0.3 is 41.1 Å². The summed E-state index contributed by atoms with van der Waals surface area (Å²) in [4.78, 5) is 78.0. The fourth-order valence-electron chi connectivity index (χ4n) is 8.54. The lowest BCUT2D eigenvalue weighted by molar-refractivity contribution is -0.143. The minimum atomic E-state index is -3.87. The van der Waals surface area contributed by atoms with Crippen LogP contribution >= 0.6 is 0 Å². The number of H-pyrrole nitrogens is 1. The normalized spacial score (nSPS) is 17.5. The van der Waals surface area contributed by atoms with Crippen LogP contribution in [0.5, 0.6) is 5.75 Å². The van der Waals surface area contributed by atoms with Crippen LogP contribution in [-0.4, -0.2) is 154 Å². The van der Waals surface area contributed by atoms with Gasteiger partial charge in [-0.15, -0.1) is 0 Å². The van der Waals surface area contributed by atoms with E-state index >= 15 is 0 Å². The van der Waals surface area contributed by atoms with Crippen LogP contribution in [0.2, 0.25) is 0 Å². The average Bonchev–Trinajstić information content (AvgIpc) is 3.93. The number of fused-ring (bicyclic) bond motifs is 1. The number of aryl methyl sites for hydroxylation is 1. The van der Waals surface area contributed by atoms with E-state index in [-0.39, 0.29) is 35.9 Å². The number of rotatable bonds is 17. The molecule has 2 saturated heterocycles. The van der Waals surface area contributed by atoms with Crippen molar-refractivity contribution in [1.29, 1.82) is 0 Å². The van der Waals surface area contributed by atoms with Crippen molar-refractivity contribution < 1.29 is 41.1 Å². The van der Waals surface area contributed by atoms with Gasteiger partial charge >= 0.3 is 0 Å². The highest BCUT2D eigenvalue weighted by Gasteiger charge is 2.46. The number of halogens is 2. The zero-order valence-corrected chi connectivity index (χ0v) is 44.2. The quantitative estimate of drug-likeness (QED) is 0.0705. The van der Waals surface area contributed by atoms with E-state index in [2.05, 4.69) is 61.6 Å². The SMILES string of the molecule is CNC(C)C(=O)NC(C(=O)N1C[C@@H](NC(=O)c2cnc(N3CCN(CCCOc4cc5ncnc(Nc6n[nH]c(C)c6C)c5cc4S(=O)(=O)C(C)(C)C)CC3)cn2)C[C@H]1C(=O)Nc1c(F)cccc1F)C(C)(C)C. The van der Waals surface area contributed by atoms with E-state index in [1.807, 2.05) is 18.7 Å². The molecule has 6 N–H and O–H groups in total. The number of sulfone groups is 1. The minimum absolute atomic E-state index is 0.0129. The zero-order chi connectivity index (χ0) is 53.9. The predicted octanol–water partition coefficient (Wildman–Crippen LogP) is 4.42. The Kier molecular flexibility index (Phi) is 16.5. The first-order chi connectivity index (χ1) is 34.9. The molecule has 2 aliphatic rings. The summed E-state index contributed by atoms with van der Waals surface area (Å²) < 4.78 is 62.3. The number of amides is 4. The molecule has 0 saturated carbocycles. The number of likely N-dealkylation sites (N-methyl/N-ethyl adjacent to an activating group) is 1. The van der Waals surface area contributed by atoms with Crippen molar-refractivity contribution in [2.24, 2.45) is 5.41 Å². The number of hydrogen-bond donors (Lipinski definition) is 6. The first kappa shape index (κ1) is 54.8. The molecule has 0 bridgehead atoms. The second kappa shape index (κ2) is 22.3.